The van der Waals surface area contributed by atoms with Crippen molar-refractivity contribution in [2.75, 3.05) is 11.9 Å². The van der Waals surface area contributed by atoms with Crippen LogP contribution >= 0.6 is 11.3 Å². The third-order valence-corrected chi connectivity index (χ3v) is 4.23. The Morgan fingerprint density at radius 2 is 2.10 bits per heavy atom. The van der Waals surface area contributed by atoms with Gasteiger partial charge in [0.15, 0.2) is 0 Å². The van der Waals surface area contributed by atoms with Gasteiger partial charge in [0.2, 0.25) is 0 Å². The molecular weight excluding hydrogens is 274 g/mol. The summed E-state index contributed by atoms with van der Waals surface area (Å²) in [4.78, 5) is 19.0. The Bertz CT molecular complexity index is 583. The van der Waals surface area contributed by atoms with Crippen LogP contribution in [-0.2, 0) is 4.79 Å². The summed E-state index contributed by atoms with van der Waals surface area (Å²) in [5, 5.41) is 14.0. The van der Waals surface area contributed by atoms with Crippen molar-refractivity contribution >= 4 is 33.3 Å². The van der Waals surface area contributed by atoms with Gasteiger partial charge in [-0.1, -0.05) is 12.8 Å². The monoisotopic (exact) mass is 293 g/mol. The number of fused-ring (bicyclic) bond motifs is 1. The van der Waals surface area contributed by atoms with Crippen molar-refractivity contribution in [1.29, 1.82) is 0 Å². The van der Waals surface area contributed by atoms with E-state index in [0.29, 0.717) is 0 Å². The zero-order valence-electron chi connectivity index (χ0n) is 11.6. The van der Waals surface area contributed by atoms with Crippen LogP contribution in [0.4, 0.5) is 5.82 Å². The maximum atomic E-state index is 10.4. The van der Waals surface area contributed by atoms with E-state index in [1.54, 1.807) is 17.7 Å². The van der Waals surface area contributed by atoms with Crippen LogP contribution in [0.15, 0.2) is 11.7 Å². The zero-order chi connectivity index (χ0) is 14.4. The van der Waals surface area contributed by atoms with Gasteiger partial charge in [-0.05, 0) is 30.7 Å². The molecule has 2 aromatic heterocycles. The summed E-state index contributed by atoms with van der Waals surface area (Å²) in [6, 6.07) is 0. The van der Waals surface area contributed by atoms with Gasteiger partial charge in [-0.15, -0.1) is 11.3 Å². The lowest BCUT2D eigenvalue weighted by atomic mass is 10.1. The van der Waals surface area contributed by atoms with Crippen molar-refractivity contribution in [2.24, 2.45) is 0 Å². The number of anilines is 1. The number of unbranched alkanes of at least 4 members (excludes halogenated alkanes) is 3. The fraction of sp³-hybridized carbons (Fsp3) is 0.500. The number of thiophene rings is 1. The molecule has 0 aliphatic carbocycles. The molecule has 2 rings (SSSR count). The highest BCUT2D eigenvalue weighted by Crippen LogP contribution is 2.28. The van der Waals surface area contributed by atoms with Gasteiger partial charge >= 0.3 is 5.97 Å². The standard InChI is InChI=1S/C14H19N3O2S/c1-10-8-20-13-12(10)16-9-17-14(13)15-7-5-3-2-4-6-11(18)19/h8-9H,2-7H2,1H3,(H,18,19)(H,15,16,17). The lowest BCUT2D eigenvalue weighted by Crippen LogP contribution is -2.04. The van der Waals surface area contributed by atoms with Gasteiger partial charge in [0.05, 0.1) is 10.2 Å². The number of aryl methyl sites for hydroxylation is 1. The largest absolute Gasteiger partial charge is 0.481 e. The van der Waals surface area contributed by atoms with Crippen molar-refractivity contribution in [3.63, 3.8) is 0 Å². The molecule has 0 atom stereocenters. The highest BCUT2D eigenvalue weighted by molar-refractivity contribution is 7.18. The molecule has 0 aromatic carbocycles. The van der Waals surface area contributed by atoms with Gasteiger partial charge in [-0.25, -0.2) is 9.97 Å². The molecule has 0 aliphatic heterocycles. The number of hydrogen-bond acceptors (Lipinski definition) is 5. The van der Waals surface area contributed by atoms with Gasteiger partial charge in [-0.2, -0.15) is 0 Å². The molecule has 0 aliphatic rings. The van der Waals surface area contributed by atoms with Crippen LogP contribution in [0.2, 0.25) is 0 Å². The molecule has 6 heteroatoms. The fourth-order valence-electron chi connectivity index (χ4n) is 2.06. The maximum Gasteiger partial charge on any atom is 0.303 e. The lowest BCUT2D eigenvalue weighted by Gasteiger charge is -2.06. The number of aliphatic carboxylic acids is 1. The second kappa shape index (κ2) is 7.19. The van der Waals surface area contributed by atoms with Crippen LogP contribution in [0.25, 0.3) is 10.2 Å². The predicted molar refractivity (Wildman–Crippen MR) is 81.4 cm³/mol. The number of aromatic nitrogens is 2. The highest BCUT2D eigenvalue weighted by atomic mass is 32.1. The number of carbonyl (C=O) groups is 1. The molecule has 2 aromatic rings. The van der Waals surface area contributed by atoms with Gasteiger partial charge in [0.25, 0.3) is 0 Å². The van der Waals surface area contributed by atoms with E-state index in [-0.39, 0.29) is 6.42 Å². The number of carboxylic acid groups (broad SMARTS) is 1. The summed E-state index contributed by atoms with van der Waals surface area (Å²) >= 11 is 1.66. The molecule has 20 heavy (non-hydrogen) atoms. The van der Waals surface area contributed by atoms with Crippen LogP contribution in [0.1, 0.15) is 37.7 Å². The van der Waals surface area contributed by atoms with E-state index in [1.165, 1.54) is 5.56 Å². The molecule has 0 spiro atoms. The van der Waals surface area contributed by atoms with Gasteiger partial charge in [-0.3, -0.25) is 4.79 Å². The van der Waals surface area contributed by atoms with E-state index < -0.39 is 5.97 Å². The molecule has 0 radical (unpaired) electrons. The third-order valence-electron chi connectivity index (χ3n) is 3.14. The molecule has 2 heterocycles. The van der Waals surface area contributed by atoms with E-state index in [1.807, 2.05) is 0 Å². The van der Waals surface area contributed by atoms with Crippen molar-refractivity contribution < 1.29 is 9.90 Å². The number of nitrogens with zero attached hydrogens (tertiary/aromatic N) is 2. The average molecular weight is 293 g/mol. The minimum Gasteiger partial charge on any atom is -0.481 e. The van der Waals surface area contributed by atoms with Crippen molar-refractivity contribution in [1.82, 2.24) is 9.97 Å². The Kier molecular flexibility index (Phi) is 5.29. The summed E-state index contributed by atoms with van der Waals surface area (Å²) in [6.07, 6.45) is 5.65. The predicted octanol–water partition coefficient (Wildman–Crippen LogP) is 3.45. The summed E-state index contributed by atoms with van der Waals surface area (Å²) in [5.41, 5.74) is 2.21. The molecule has 0 saturated carbocycles. The number of nitrogens with one attached hydrogen (secondary N) is 1. The Balaban J connectivity index is 1.75. The first kappa shape index (κ1) is 14.7. The van der Waals surface area contributed by atoms with Crippen molar-refractivity contribution in [3.8, 4) is 0 Å². The van der Waals surface area contributed by atoms with E-state index in [9.17, 15) is 4.79 Å². The Morgan fingerprint density at radius 3 is 2.90 bits per heavy atom. The summed E-state index contributed by atoms with van der Waals surface area (Å²) in [5.74, 6) is 0.193. The zero-order valence-corrected chi connectivity index (χ0v) is 12.4. The van der Waals surface area contributed by atoms with Crippen LogP contribution in [0, 0.1) is 6.92 Å². The van der Waals surface area contributed by atoms with Gasteiger partial charge < -0.3 is 10.4 Å². The van der Waals surface area contributed by atoms with Crippen LogP contribution in [-0.4, -0.2) is 27.6 Å². The van der Waals surface area contributed by atoms with E-state index in [2.05, 4.69) is 27.6 Å². The first-order valence-electron chi connectivity index (χ1n) is 6.83. The minimum atomic E-state index is -0.709. The Morgan fingerprint density at radius 1 is 1.30 bits per heavy atom. The second-order valence-corrected chi connectivity index (χ2v) is 5.68. The van der Waals surface area contributed by atoms with E-state index in [4.69, 9.17) is 5.11 Å². The summed E-state index contributed by atoms with van der Waals surface area (Å²) < 4.78 is 1.11. The summed E-state index contributed by atoms with van der Waals surface area (Å²) in [6.45, 7) is 2.91. The molecule has 5 nitrogen and oxygen atoms in total. The molecule has 0 unspecified atom stereocenters. The maximum absolute atomic E-state index is 10.4. The third kappa shape index (κ3) is 3.90. The minimum absolute atomic E-state index is 0.272. The molecule has 0 amide bonds. The van der Waals surface area contributed by atoms with Crippen LogP contribution in [0.3, 0.4) is 0 Å². The topological polar surface area (TPSA) is 75.1 Å². The van der Waals surface area contributed by atoms with Crippen LogP contribution < -0.4 is 5.32 Å². The second-order valence-electron chi connectivity index (χ2n) is 4.80. The number of rotatable bonds is 8. The lowest BCUT2D eigenvalue weighted by molar-refractivity contribution is -0.137. The SMILES string of the molecule is Cc1csc2c(NCCCCCCC(=O)O)ncnc12. The first-order chi connectivity index (χ1) is 9.68. The van der Waals surface area contributed by atoms with Crippen molar-refractivity contribution in [3.05, 3.63) is 17.3 Å². The molecule has 2 N–H and O–H groups in total. The average Bonchev–Trinajstić information content (AvgIpc) is 2.80. The van der Waals surface area contributed by atoms with Gasteiger partial charge in [0, 0.05) is 13.0 Å². The molecule has 0 saturated heterocycles. The van der Waals surface area contributed by atoms with E-state index >= 15 is 0 Å². The Labute approximate surface area is 122 Å². The van der Waals surface area contributed by atoms with Crippen LogP contribution in [0.5, 0.6) is 0 Å². The molecule has 0 fully saturated rings. The first-order valence-corrected chi connectivity index (χ1v) is 7.71. The van der Waals surface area contributed by atoms with E-state index in [0.717, 1.165) is 48.3 Å². The Hall–Kier alpha value is -1.69. The highest BCUT2D eigenvalue weighted by Gasteiger charge is 2.07. The smallest absolute Gasteiger partial charge is 0.303 e. The molecular formula is C14H19N3O2S. The quantitative estimate of drug-likeness (QED) is 0.729. The number of carboxylic acids is 1. The normalized spacial score (nSPS) is 10.8. The fourth-order valence-corrected chi connectivity index (χ4v) is 3.02. The molecule has 0 bridgehead atoms. The van der Waals surface area contributed by atoms with Gasteiger partial charge in [0.1, 0.15) is 12.1 Å². The molecule has 108 valence electrons. The summed E-state index contributed by atoms with van der Waals surface area (Å²) in [7, 11) is 0. The van der Waals surface area contributed by atoms with Crippen molar-refractivity contribution in [2.45, 2.75) is 39.0 Å². The number of hydrogen-bond donors (Lipinski definition) is 2.